The SMILES string of the molecule is O=PCN1CCNCCN(CP=O)CCN(CP=O)CC1. The molecule has 0 spiro atoms. The molecule has 0 atom stereocenters. The molecule has 1 aliphatic heterocycles. The van der Waals surface area contributed by atoms with Gasteiger partial charge in [0.15, 0.2) is 25.4 Å². The monoisotopic (exact) mass is 352 g/mol. The van der Waals surface area contributed by atoms with Crippen molar-refractivity contribution in [1.82, 2.24) is 20.0 Å². The standard InChI is InChI=1S/C11H23N4O3P3/c16-19-9-13-3-1-12-2-4-14(10-20-17)6-8-15(7-5-13)11-21-18/h12H,1-11H2. The third-order valence-corrected chi connectivity index (χ3v) is 4.99. The molecule has 0 amide bonds. The number of rotatable bonds is 6. The number of nitrogens with one attached hydrogen (secondary N) is 1. The zero-order valence-electron chi connectivity index (χ0n) is 12.2. The number of nitrogens with zero attached hydrogens (tertiary/aromatic N) is 3. The highest BCUT2D eigenvalue weighted by atomic mass is 31.1. The Morgan fingerprint density at radius 1 is 0.619 bits per heavy atom. The molecule has 0 radical (unpaired) electrons. The van der Waals surface area contributed by atoms with Crippen molar-refractivity contribution in [2.45, 2.75) is 0 Å². The van der Waals surface area contributed by atoms with E-state index in [0.29, 0.717) is 18.9 Å². The lowest BCUT2D eigenvalue weighted by Crippen LogP contribution is -2.44. The van der Waals surface area contributed by atoms with Crippen molar-refractivity contribution in [2.75, 3.05) is 71.2 Å². The van der Waals surface area contributed by atoms with Crippen LogP contribution in [0.15, 0.2) is 0 Å². The van der Waals surface area contributed by atoms with Crippen LogP contribution in [0, 0.1) is 0 Å². The van der Waals surface area contributed by atoms with E-state index in [9.17, 15) is 13.7 Å². The molecule has 0 aliphatic carbocycles. The van der Waals surface area contributed by atoms with Gasteiger partial charge in [-0.25, -0.2) is 0 Å². The average molecular weight is 352 g/mol. The molecule has 21 heavy (non-hydrogen) atoms. The van der Waals surface area contributed by atoms with Crippen molar-refractivity contribution >= 4 is 25.4 Å². The molecule has 1 fully saturated rings. The molecule has 10 heteroatoms. The second-order valence-corrected chi connectivity index (χ2v) is 6.54. The maximum absolute atomic E-state index is 10.9. The Labute approximate surface area is 131 Å². The smallest absolute Gasteiger partial charge is 0.170 e. The van der Waals surface area contributed by atoms with Gasteiger partial charge in [-0.15, -0.1) is 0 Å². The fourth-order valence-corrected chi connectivity index (χ4v) is 3.51. The Morgan fingerprint density at radius 2 is 0.952 bits per heavy atom. The molecular formula is C11H23N4O3P3. The van der Waals surface area contributed by atoms with Crippen LogP contribution in [0.2, 0.25) is 0 Å². The van der Waals surface area contributed by atoms with Crippen LogP contribution in [-0.2, 0) is 13.7 Å². The van der Waals surface area contributed by atoms with E-state index in [1.54, 1.807) is 0 Å². The van der Waals surface area contributed by atoms with Gasteiger partial charge in [-0.05, 0) is 0 Å². The molecule has 0 unspecified atom stereocenters. The van der Waals surface area contributed by atoms with E-state index in [4.69, 9.17) is 0 Å². The first-order chi connectivity index (χ1) is 10.3. The third kappa shape index (κ3) is 9.00. The van der Waals surface area contributed by atoms with E-state index in [0.717, 1.165) is 52.4 Å². The number of hydrogen-bond donors (Lipinski definition) is 1. The van der Waals surface area contributed by atoms with Crippen LogP contribution in [-0.4, -0.2) is 85.9 Å². The van der Waals surface area contributed by atoms with Crippen LogP contribution in [0.4, 0.5) is 0 Å². The van der Waals surface area contributed by atoms with Gasteiger partial charge in [-0.3, -0.25) is 28.4 Å². The molecule has 1 saturated heterocycles. The van der Waals surface area contributed by atoms with Gasteiger partial charge in [0.1, 0.15) is 0 Å². The van der Waals surface area contributed by atoms with E-state index in [2.05, 4.69) is 20.0 Å². The van der Waals surface area contributed by atoms with Crippen LogP contribution in [0.3, 0.4) is 0 Å². The van der Waals surface area contributed by atoms with Crippen molar-refractivity contribution in [3.05, 3.63) is 0 Å². The summed E-state index contributed by atoms with van der Waals surface area (Å²) in [5, 5.41) is 3.36. The Kier molecular flexibility index (Phi) is 11.6. The zero-order chi connectivity index (χ0) is 15.3. The second kappa shape index (κ2) is 12.7. The molecular weight excluding hydrogens is 329 g/mol. The third-order valence-electron chi connectivity index (χ3n) is 3.45. The van der Waals surface area contributed by atoms with E-state index in [1.807, 2.05) is 0 Å². The van der Waals surface area contributed by atoms with Crippen LogP contribution < -0.4 is 5.32 Å². The van der Waals surface area contributed by atoms with E-state index >= 15 is 0 Å². The summed E-state index contributed by atoms with van der Waals surface area (Å²) in [7, 11) is 0.395. The van der Waals surface area contributed by atoms with E-state index in [-0.39, 0.29) is 25.4 Å². The van der Waals surface area contributed by atoms with Crippen LogP contribution in [0.1, 0.15) is 0 Å². The molecule has 1 heterocycles. The summed E-state index contributed by atoms with van der Waals surface area (Å²) in [6, 6.07) is 0. The van der Waals surface area contributed by atoms with Crippen molar-refractivity contribution in [3.8, 4) is 0 Å². The van der Waals surface area contributed by atoms with Gasteiger partial charge in [0.05, 0.1) is 18.9 Å². The highest BCUT2D eigenvalue weighted by molar-refractivity contribution is 7.23. The molecule has 0 aromatic carbocycles. The van der Waals surface area contributed by atoms with E-state index in [1.165, 1.54) is 0 Å². The predicted octanol–water partition coefficient (Wildman–Crippen LogP) is 1.24. The van der Waals surface area contributed by atoms with Gasteiger partial charge in [-0.2, -0.15) is 0 Å². The predicted molar refractivity (Wildman–Crippen MR) is 85.0 cm³/mol. The topological polar surface area (TPSA) is 73.0 Å². The minimum Gasteiger partial charge on any atom is -0.314 e. The minimum absolute atomic E-state index is 0.118. The van der Waals surface area contributed by atoms with Crippen molar-refractivity contribution < 1.29 is 13.7 Å². The summed E-state index contributed by atoms with van der Waals surface area (Å²) < 4.78 is 32.5. The summed E-state index contributed by atoms with van der Waals surface area (Å²) in [5.74, 6) is 0. The maximum Gasteiger partial charge on any atom is 0.170 e. The molecule has 0 saturated carbocycles. The first-order valence-electron chi connectivity index (χ1n) is 7.05. The molecule has 0 aromatic heterocycles. The second-order valence-electron chi connectivity index (χ2n) is 4.92. The molecule has 0 bridgehead atoms. The number of hydrogen-bond acceptors (Lipinski definition) is 7. The Hall–Kier alpha value is 0.140. The Bertz CT molecular complexity index is 301. The summed E-state index contributed by atoms with van der Waals surface area (Å²) in [6.07, 6.45) is 1.57. The van der Waals surface area contributed by atoms with Crippen LogP contribution in [0.25, 0.3) is 0 Å². The van der Waals surface area contributed by atoms with Gasteiger partial charge < -0.3 is 5.32 Å². The van der Waals surface area contributed by atoms with Crippen molar-refractivity contribution in [3.63, 3.8) is 0 Å². The summed E-state index contributed by atoms with van der Waals surface area (Å²) in [5.41, 5.74) is 0. The summed E-state index contributed by atoms with van der Waals surface area (Å²) >= 11 is 0. The Morgan fingerprint density at radius 3 is 1.29 bits per heavy atom. The van der Waals surface area contributed by atoms with Gasteiger partial charge in [0.2, 0.25) is 0 Å². The highest BCUT2D eigenvalue weighted by Crippen LogP contribution is 2.05. The van der Waals surface area contributed by atoms with Gasteiger partial charge >= 0.3 is 0 Å². The summed E-state index contributed by atoms with van der Waals surface area (Å²) in [6.45, 7) is 6.60. The molecule has 120 valence electrons. The quantitative estimate of drug-likeness (QED) is 0.721. The van der Waals surface area contributed by atoms with Gasteiger partial charge in [-0.1, -0.05) is 0 Å². The highest BCUT2D eigenvalue weighted by Gasteiger charge is 2.13. The lowest BCUT2D eigenvalue weighted by atomic mass is 10.4. The summed E-state index contributed by atoms with van der Waals surface area (Å²) in [4.78, 5) is 6.42. The molecule has 1 aliphatic rings. The fourth-order valence-electron chi connectivity index (χ4n) is 2.17. The minimum atomic E-state index is 0.118. The normalized spacial score (nSPS) is 22.3. The lowest BCUT2D eigenvalue weighted by Gasteiger charge is -2.28. The molecule has 1 N–H and O–H groups in total. The first-order valence-corrected chi connectivity index (χ1v) is 10.0. The first kappa shape index (κ1) is 19.2. The van der Waals surface area contributed by atoms with Crippen molar-refractivity contribution in [1.29, 1.82) is 0 Å². The molecule has 0 aromatic rings. The van der Waals surface area contributed by atoms with Gasteiger partial charge in [0.25, 0.3) is 0 Å². The van der Waals surface area contributed by atoms with E-state index < -0.39 is 0 Å². The Balaban J connectivity index is 2.56. The fraction of sp³-hybridized carbons (Fsp3) is 1.00. The molecule has 1 rings (SSSR count). The van der Waals surface area contributed by atoms with Crippen LogP contribution in [0.5, 0.6) is 0 Å². The average Bonchev–Trinajstić information content (AvgIpc) is 2.47. The molecule has 7 nitrogen and oxygen atoms in total. The largest absolute Gasteiger partial charge is 0.314 e. The van der Waals surface area contributed by atoms with Crippen LogP contribution >= 0.6 is 25.4 Å². The van der Waals surface area contributed by atoms with Crippen molar-refractivity contribution in [2.24, 2.45) is 0 Å². The lowest BCUT2D eigenvalue weighted by molar-refractivity contribution is 0.203. The van der Waals surface area contributed by atoms with Gasteiger partial charge in [0, 0.05) is 52.4 Å². The zero-order valence-corrected chi connectivity index (χ0v) is 14.9. The maximum atomic E-state index is 10.9.